The van der Waals surface area contributed by atoms with Gasteiger partial charge in [-0.2, -0.15) is 13.1 Å². The number of carbonyl (C=O) groups is 1. The molecule has 1 N–H and O–H groups in total. The Labute approximate surface area is 174 Å². The van der Waals surface area contributed by atoms with E-state index in [1.807, 2.05) is 0 Å². The van der Waals surface area contributed by atoms with E-state index in [1.54, 1.807) is 7.05 Å². The van der Waals surface area contributed by atoms with E-state index in [1.165, 1.54) is 52.8 Å². The van der Waals surface area contributed by atoms with Crippen molar-refractivity contribution >= 4 is 21.6 Å². The van der Waals surface area contributed by atoms with Crippen molar-refractivity contribution in [2.24, 2.45) is 0 Å². The Balaban J connectivity index is 1.72. The molecule has 0 heterocycles. The van der Waals surface area contributed by atoms with Gasteiger partial charge in [0.25, 0.3) is 5.91 Å². The van der Waals surface area contributed by atoms with Gasteiger partial charge < -0.3 is 10.1 Å². The zero-order valence-electron chi connectivity index (χ0n) is 16.6. The number of para-hydroxylation sites is 1. The highest BCUT2D eigenvalue weighted by Gasteiger charge is 2.29. The number of ether oxygens (including phenoxy) is 1. The van der Waals surface area contributed by atoms with Crippen LogP contribution in [0.1, 0.15) is 42.5 Å². The molecular weight excluding hydrogens is 414 g/mol. The van der Waals surface area contributed by atoms with Crippen LogP contribution in [0.15, 0.2) is 53.4 Å². The third-order valence-corrected chi connectivity index (χ3v) is 7.15. The summed E-state index contributed by atoms with van der Waals surface area (Å²) in [4.78, 5) is 12.6. The van der Waals surface area contributed by atoms with Crippen molar-refractivity contribution in [2.45, 2.75) is 49.7 Å². The average molecular weight is 438 g/mol. The maximum atomic E-state index is 12.9. The first-order valence-electron chi connectivity index (χ1n) is 9.72. The highest BCUT2D eigenvalue weighted by atomic mass is 32.2. The molecule has 1 aliphatic rings. The number of amides is 1. The number of anilines is 1. The Morgan fingerprint density at radius 2 is 1.70 bits per heavy atom. The third kappa shape index (κ3) is 5.14. The molecule has 1 aliphatic carbocycles. The Morgan fingerprint density at radius 3 is 2.33 bits per heavy atom. The van der Waals surface area contributed by atoms with Crippen LogP contribution in [0.4, 0.5) is 14.5 Å². The molecule has 2 aromatic rings. The largest absolute Gasteiger partial charge is 0.434 e. The van der Waals surface area contributed by atoms with Crippen molar-refractivity contribution in [3.05, 3.63) is 54.1 Å². The summed E-state index contributed by atoms with van der Waals surface area (Å²) in [6, 6.07) is 11.4. The van der Waals surface area contributed by atoms with Crippen LogP contribution in [-0.4, -0.2) is 38.3 Å². The molecule has 0 unspecified atom stereocenters. The molecule has 0 atom stereocenters. The zero-order chi connectivity index (χ0) is 21.7. The van der Waals surface area contributed by atoms with E-state index in [0.717, 1.165) is 32.1 Å². The van der Waals surface area contributed by atoms with Gasteiger partial charge in [0.1, 0.15) is 5.75 Å². The average Bonchev–Trinajstić information content (AvgIpc) is 2.74. The van der Waals surface area contributed by atoms with Crippen molar-refractivity contribution in [3.63, 3.8) is 0 Å². The normalized spacial score (nSPS) is 15.4. The SMILES string of the molecule is CN(C1CCCCC1)S(=O)(=O)c1ccc(NC(=O)c2ccccc2OC(F)F)cc1. The quantitative estimate of drug-likeness (QED) is 0.691. The van der Waals surface area contributed by atoms with Crippen LogP contribution in [0.5, 0.6) is 5.75 Å². The molecule has 2 aromatic carbocycles. The summed E-state index contributed by atoms with van der Waals surface area (Å²) in [5.41, 5.74) is 0.289. The predicted molar refractivity (Wildman–Crippen MR) is 109 cm³/mol. The summed E-state index contributed by atoms with van der Waals surface area (Å²) in [7, 11) is -2.04. The van der Waals surface area contributed by atoms with Crippen molar-refractivity contribution in [1.29, 1.82) is 0 Å². The first-order chi connectivity index (χ1) is 14.3. The molecule has 30 heavy (non-hydrogen) atoms. The summed E-state index contributed by atoms with van der Waals surface area (Å²) in [5, 5.41) is 2.57. The minimum atomic E-state index is -3.64. The molecule has 0 bridgehead atoms. The molecule has 1 fully saturated rings. The fraction of sp³-hybridized carbons (Fsp3) is 0.381. The number of hydrogen-bond donors (Lipinski definition) is 1. The number of alkyl halides is 2. The van der Waals surface area contributed by atoms with Gasteiger partial charge >= 0.3 is 6.61 Å². The number of benzene rings is 2. The van der Waals surface area contributed by atoms with Gasteiger partial charge in [-0.25, -0.2) is 8.42 Å². The zero-order valence-corrected chi connectivity index (χ0v) is 17.4. The van der Waals surface area contributed by atoms with E-state index < -0.39 is 22.5 Å². The van der Waals surface area contributed by atoms with Gasteiger partial charge in [0.15, 0.2) is 0 Å². The fourth-order valence-corrected chi connectivity index (χ4v) is 4.98. The van der Waals surface area contributed by atoms with Gasteiger partial charge in [-0.15, -0.1) is 0 Å². The highest BCUT2D eigenvalue weighted by Crippen LogP contribution is 2.27. The van der Waals surface area contributed by atoms with Crippen LogP contribution in [-0.2, 0) is 10.0 Å². The first-order valence-corrected chi connectivity index (χ1v) is 11.2. The molecule has 0 spiro atoms. The van der Waals surface area contributed by atoms with Gasteiger partial charge in [-0.1, -0.05) is 31.4 Å². The van der Waals surface area contributed by atoms with Gasteiger partial charge in [0.2, 0.25) is 10.0 Å². The fourth-order valence-electron chi connectivity index (χ4n) is 3.57. The molecule has 3 rings (SSSR count). The number of carbonyl (C=O) groups excluding carboxylic acids is 1. The molecule has 0 aliphatic heterocycles. The maximum Gasteiger partial charge on any atom is 0.387 e. The number of nitrogens with one attached hydrogen (secondary N) is 1. The summed E-state index contributed by atoms with van der Waals surface area (Å²) in [5.74, 6) is -0.875. The maximum absolute atomic E-state index is 12.9. The number of nitrogens with zero attached hydrogens (tertiary/aromatic N) is 1. The molecule has 6 nitrogen and oxygen atoms in total. The van der Waals surface area contributed by atoms with Gasteiger partial charge in [-0.3, -0.25) is 4.79 Å². The van der Waals surface area contributed by atoms with Gasteiger partial charge in [0.05, 0.1) is 10.5 Å². The molecule has 1 saturated carbocycles. The molecular formula is C21H24F2N2O4S. The first kappa shape index (κ1) is 22.2. The smallest absolute Gasteiger partial charge is 0.387 e. The van der Waals surface area contributed by atoms with Crippen molar-refractivity contribution in [2.75, 3.05) is 12.4 Å². The van der Waals surface area contributed by atoms with Crippen LogP contribution in [0, 0.1) is 0 Å². The number of halogens is 2. The standard InChI is InChI=1S/C21H24F2N2O4S/c1-25(16-7-3-2-4-8-16)30(27,28)17-13-11-15(12-14-17)24-20(26)18-9-5-6-10-19(18)29-21(22)23/h5-6,9-14,16,21H,2-4,7-8H2,1H3,(H,24,26). The van der Waals surface area contributed by atoms with E-state index in [9.17, 15) is 22.0 Å². The molecule has 9 heteroatoms. The summed E-state index contributed by atoms with van der Waals surface area (Å²) < 4.78 is 56.6. The highest BCUT2D eigenvalue weighted by molar-refractivity contribution is 7.89. The minimum Gasteiger partial charge on any atom is -0.434 e. The van der Waals surface area contributed by atoms with Crippen LogP contribution >= 0.6 is 0 Å². The Morgan fingerprint density at radius 1 is 1.07 bits per heavy atom. The number of rotatable bonds is 7. The summed E-state index contributed by atoms with van der Waals surface area (Å²) in [6.45, 7) is -3.05. The lowest BCUT2D eigenvalue weighted by Crippen LogP contribution is -2.38. The van der Waals surface area contributed by atoms with Crippen molar-refractivity contribution in [1.82, 2.24) is 4.31 Å². The Kier molecular flexibility index (Phi) is 7.04. The van der Waals surface area contributed by atoms with E-state index in [-0.39, 0.29) is 22.3 Å². The predicted octanol–water partition coefficient (Wildman–Crippen LogP) is 4.49. The summed E-state index contributed by atoms with van der Waals surface area (Å²) in [6.07, 6.45) is 4.87. The van der Waals surface area contributed by atoms with Crippen LogP contribution < -0.4 is 10.1 Å². The van der Waals surface area contributed by atoms with Crippen molar-refractivity contribution < 1.29 is 26.7 Å². The second kappa shape index (κ2) is 9.53. The third-order valence-electron chi connectivity index (χ3n) is 5.23. The lowest BCUT2D eigenvalue weighted by molar-refractivity contribution is -0.0501. The molecule has 162 valence electrons. The topological polar surface area (TPSA) is 75.7 Å². The Bertz CT molecular complexity index is 975. The number of sulfonamides is 1. The lowest BCUT2D eigenvalue weighted by Gasteiger charge is -2.30. The molecule has 0 saturated heterocycles. The molecule has 1 amide bonds. The molecule has 0 aromatic heterocycles. The monoisotopic (exact) mass is 438 g/mol. The second-order valence-electron chi connectivity index (χ2n) is 7.17. The Hall–Kier alpha value is -2.52. The van der Waals surface area contributed by atoms with E-state index in [0.29, 0.717) is 5.69 Å². The van der Waals surface area contributed by atoms with Crippen LogP contribution in [0.3, 0.4) is 0 Å². The lowest BCUT2D eigenvalue weighted by atomic mass is 9.96. The van der Waals surface area contributed by atoms with Crippen LogP contribution in [0.25, 0.3) is 0 Å². The van der Waals surface area contributed by atoms with E-state index in [4.69, 9.17) is 0 Å². The van der Waals surface area contributed by atoms with Gasteiger partial charge in [-0.05, 0) is 49.2 Å². The van der Waals surface area contributed by atoms with Crippen molar-refractivity contribution in [3.8, 4) is 5.75 Å². The number of hydrogen-bond acceptors (Lipinski definition) is 4. The summed E-state index contributed by atoms with van der Waals surface area (Å²) >= 11 is 0. The molecule has 0 radical (unpaired) electrons. The van der Waals surface area contributed by atoms with Crippen LogP contribution in [0.2, 0.25) is 0 Å². The van der Waals surface area contributed by atoms with Gasteiger partial charge in [0, 0.05) is 18.8 Å². The van der Waals surface area contributed by atoms with E-state index >= 15 is 0 Å². The second-order valence-corrected chi connectivity index (χ2v) is 9.16. The minimum absolute atomic E-state index is 0.00512. The van der Waals surface area contributed by atoms with E-state index in [2.05, 4.69) is 10.1 Å².